The van der Waals surface area contributed by atoms with Crippen molar-refractivity contribution in [2.75, 3.05) is 21.3 Å². The first-order valence-corrected chi connectivity index (χ1v) is 12.2. The number of hydrogen-bond acceptors (Lipinski definition) is 4. The highest BCUT2D eigenvalue weighted by Gasteiger charge is 2.27. The molecule has 1 aliphatic rings. The lowest BCUT2D eigenvalue weighted by Gasteiger charge is -2.30. The fourth-order valence-electron chi connectivity index (χ4n) is 3.28. The molecular weight excluding hydrogens is 403 g/mol. The highest BCUT2D eigenvalue weighted by atomic mass is 32.2. The molecule has 0 bridgehead atoms. The maximum absolute atomic E-state index is 13.4. The van der Waals surface area contributed by atoms with Crippen molar-refractivity contribution < 1.29 is 21.2 Å². The van der Waals surface area contributed by atoms with Crippen LogP contribution in [0.5, 0.6) is 0 Å². The van der Waals surface area contributed by atoms with Crippen LogP contribution in [0.4, 0.5) is 15.8 Å². The number of sulfonamides is 2. The Hall–Kier alpha value is -2.13. The number of nitrogens with one attached hydrogen (secondary N) is 1. The summed E-state index contributed by atoms with van der Waals surface area (Å²) in [6.07, 6.45) is 1.87. The van der Waals surface area contributed by atoms with Crippen LogP contribution in [0.25, 0.3) is 0 Å². The Labute approximate surface area is 165 Å². The van der Waals surface area contributed by atoms with Gasteiger partial charge in [0.1, 0.15) is 5.82 Å². The summed E-state index contributed by atoms with van der Waals surface area (Å²) in [7, 11) is -7.27. The van der Waals surface area contributed by atoms with Crippen molar-refractivity contribution in [3.63, 3.8) is 0 Å². The van der Waals surface area contributed by atoms with E-state index in [0.717, 1.165) is 11.6 Å². The van der Waals surface area contributed by atoms with Crippen LogP contribution in [-0.2, 0) is 26.5 Å². The van der Waals surface area contributed by atoms with Crippen molar-refractivity contribution in [2.45, 2.75) is 38.0 Å². The summed E-state index contributed by atoms with van der Waals surface area (Å²) in [6.45, 7) is 3.74. The summed E-state index contributed by atoms with van der Waals surface area (Å²) in [4.78, 5) is -0.0312. The van der Waals surface area contributed by atoms with E-state index < -0.39 is 25.9 Å². The lowest BCUT2D eigenvalue weighted by atomic mass is 10.0. The summed E-state index contributed by atoms with van der Waals surface area (Å²) in [5.41, 5.74) is 1.96. The van der Waals surface area contributed by atoms with E-state index in [1.165, 1.54) is 23.4 Å². The average molecular weight is 427 g/mol. The van der Waals surface area contributed by atoms with E-state index in [9.17, 15) is 21.2 Å². The Morgan fingerprint density at radius 2 is 1.86 bits per heavy atom. The first kappa shape index (κ1) is 20.6. The Bertz CT molecular complexity index is 1100. The number of aryl methyl sites for hydroxylation is 2. The van der Waals surface area contributed by atoms with Gasteiger partial charge in [0.25, 0.3) is 10.0 Å². The maximum atomic E-state index is 13.4. The van der Waals surface area contributed by atoms with E-state index in [0.29, 0.717) is 37.2 Å². The summed E-state index contributed by atoms with van der Waals surface area (Å²) in [5.74, 6) is -0.397. The molecule has 0 saturated heterocycles. The molecule has 0 amide bonds. The lowest BCUT2D eigenvalue weighted by molar-refractivity contribution is 0.585. The highest BCUT2D eigenvalue weighted by Crippen LogP contribution is 2.32. The second-order valence-electron chi connectivity index (χ2n) is 6.85. The topological polar surface area (TPSA) is 83.6 Å². The first-order valence-electron chi connectivity index (χ1n) is 9.06. The smallest absolute Gasteiger partial charge is 0.261 e. The minimum Gasteiger partial charge on any atom is -0.280 e. The lowest BCUT2D eigenvalue weighted by Crippen LogP contribution is -2.37. The molecule has 1 heterocycles. The zero-order chi connectivity index (χ0) is 20.5. The predicted octanol–water partition coefficient (Wildman–Crippen LogP) is 3.43. The minimum absolute atomic E-state index is 0.0312. The van der Waals surface area contributed by atoms with Crippen molar-refractivity contribution in [3.8, 4) is 0 Å². The molecule has 152 valence electrons. The Kier molecular flexibility index (Phi) is 5.67. The molecule has 2 aromatic rings. The Morgan fingerprint density at radius 3 is 2.54 bits per heavy atom. The number of rotatable bonds is 6. The van der Waals surface area contributed by atoms with Crippen LogP contribution in [0.2, 0.25) is 0 Å². The molecule has 0 saturated carbocycles. The number of hydrogen-bond donors (Lipinski definition) is 1. The standard InChI is InChI=1S/C19H23FN2O4S2/c1-3-11-27(23,24)22-10-4-5-15-13-16(6-9-19(15)22)21-28(25,26)17-7-8-18(20)14(2)12-17/h6-9,12-13,21H,3-5,10-11H2,1-2H3. The monoisotopic (exact) mass is 426 g/mol. The third-order valence-corrected chi connectivity index (χ3v) is 8.00. The van der Waals surface area contributed by atoms with Gasteiger partial charge >= 0.3 is 0 Å². The van der Waals surface area contributed by atoms with Crippen LogP contribution in [-0.4, -0.2) is 29.1 Å². The fourth-order valence-corrected chi connectivity index (χ4v) is 6.04. The molecule has 3 rings (SSSR count). The van der Waals surface area contributed by atoms with Gasteiger partial charge in [0.2, 0.25) is 10.0 Å². The number of halogens is 1. The minimum atomic E-state index is -3.88. The van der Waals surface area contributed by atoms with Crippen LogP contribution in [0.3, 0.4) is 0 Å². The average Bonchev–Trinajstić information content (AvgIpc) is 2.62. The highest BCUT2D eigenvalue weighted by molar-refractivity contribution is 7.93. The van der Waals surface area contributed by atoms with Gasteiger partial charge in [-0.05, 0) is 73.7 Å². The molecule has 1 N–H and O–H groups in total. The van der Waals surface area contributed by atoms with Crippen molar-refractivity contribution in [1.29, 1.82) is 0 Å². The van der Waals surface area contributed by atoms with Gasteiger partial charge in [-0.25, -0.2) is 21.2 Å². The quantitative estimate of drug-likeness (QED) is 0.767. The van der Waals surface area contributed by atoms with Crippen molar-refractivity contribution >= 4 is 31.4 Å². The first-order chi connectivity index (χ1) is 13.1. The molecular formula is C19H23FN2O4S2. The second-order valence-corrected chi connectivity index (χ2v) is 10.5. The van der Waals surface area contributed by atoms with Gasteiger partial charge in [-0.3, -0.25) is 9.03 Å². The van der Waals surface area contributed by atoms with Gasteiger partial charge in [0.15, 0.2) is 0 Å². The molecule has 1 aliphatic heterocycles. The number of fused-ring (bicyclic) bond motifs is 1. The molecule has 0 fully saturated rings. The van der Waals surface area contributed by atoms with Gasteiger partial charge in [-0.1, -0.05) is 6.92 Å². The molecule has 0 atom stereocenters. The van der Waals surface area contributed by atoms with E-state index in [1.54, 1.807) is 18.2 Å². The third-order valence-electron chi connectivity index (χ3n) is 4.65. The molecule has 0 aliphatic carbocycles. The number of nitrogens with zero attached hydrogens (tertiary/aromatic N) is 1. The molecule has 2 aromatic carbocycles. The summed E-state index contributed by atoms with van der Waals surface area (Å²) in [6, 6.07) is 8.45. The second kappa shape index (κ2) is 7.71. The van der Waals surface area contributed by atoms with Crippen molar-refractivity contribution in [1.82, 2.24) is 0 Å². The summed E-state index contributed by atoms with van der Waals surface area (Å²) >= 11 is 0. The van der Waals surface area contributed by atoms with E-state index in [4.69, 9.17) is 0 Å². The third kappa shape index (κ3) is 4.15. The zero-order valence-electron chi connectivity index (χ0n) is 15.8. The van der Waals surface area contributed by atoms with Crippen LogP contribution < -0.4 is 9.03 Å². The molecule has 0 unspecified atom stereocenters. The Balaban J connectivity index is 1.90. The largest absolute Gasteiger partial charge is 0.280 e. The van der Waals surface area contributed by atoms with Crippen LogP contribution >= 0.6 is 0 Å². The van der Waals surface area contributed by atoms with Gasteiger partial charge in [-0.2, -0.15) is 0 Å². The SMILES string of the molecule is CCCS(=O)(=O)N1CCCc2cc(NS(=O)(=O)c3ccc(F)c(C)c3)ccc21. The molecule has 6 nitrogen and oxygen atoms in total. The van der Waals surface area contributed by atoms with Crippen molar-refractivity contribution in [3.05, 3.63) is 53.3 Å². The van der Waals surface area contributed by atoms with Crippen molar-refractivity contribution in [2.24, 2.45) is 0 Å². The van der Waals surface area contributed by atoms with Gasteiger partial charge in [0, 0.05) is 12.2 Å². The summed E-state index contributed by atoms with van der Waals surface area (Å²) < 4.78 is 67.5. The molecule has 28 heavy (non-hydrogen) atoms. The summed E-state index contributed by atoms with van der Waals surface area (Å²) in [5, 5.41) is 0. The van der Waals surface area contributed by atoms with E-state index in [-0.39, 0.29) is 16.2 Å². The molecule has 0 spiro atoms. The molecule has 0 radical (unpaired) electrons. The zero-order valence-corrected chi connectivity index (χ0v) is 17.4. The van der Waals surface area contributed by atoms with Gasteiger partial charge in [-0.15, -0.1) is 0 Å². The number of anilines is 2. The maximum Gasteiger partial charge on any atom is 0.261 e. The molecule has 9 heteroatoms. The Morgan fingerprint density at radius 1 is 1.11 bits per heavy atom. The van der Waals surface area contributed by atoms with E-state index in [1.807, 2.05) is 6.92 Å². The van der Waals surface area contributed by atoms with E-state index in [2.05, 4.69) is 4.72 Å². The predicted molar refractivity (Wildman–Crippen MR) is 108 cm³/mol. The normalized spacial score (nSPS) is 14.6. The fraction of sp³-hybridized carbons (Fsp3) is 0.368. The number of benzene rings is 2. The van der Waals surface area contributed by atoms with Crippen LogP contribution in [0.15, 0.2) is 41.3 Å². The van der Waals surface area contributed by atoms with E-state index >= 15 is 0 Å². The molecule has 0 aromatic heterocycles. The van der Waals surface area contributed by atoms with Gasteiger partial charge < -0.3 is 0 Å². The van der Waals surface area contributed by atoms with Gasteiger partial charge in [0.05, 0.1) is 16.3 Å². The van der Waals surface area contributed by atoms with Crippen LogP contribution in [0, 0.1) is 12.7 Å². The van der Waals surface area contributed by atoms with Crippen LogP contribution in [0.1, 0.15) is 30.9 Å².